The van der Waals surface area contributed by atoms with Crippen LogP contribution in [0.2, 0.25) is 0 Å². The van der Waals surface area contributed by atoms with Gasteiger partial charge < -0.3 is 24.3 Å². The lowest BCUT2D eigenvalue weighted by molar-refractivity contribution is -0.145. The van der Waals surface area contributed by atoms with Crippen LogP contribution in [0.3, 0.4) is 0 Å². The van der Waals surface area contributed by atoms with Crippen molar-refractivity contribution in [2.75, 3.05) is 39.4 Å². The Balaban J connectivity index is 1.26. The number of nitrogens with zero attached hydrogens (tertiary/aromatic N) is 3. The molecule has 0 aliphatic carbocycles. The van der Waals surface area contributed by atoms with E-state index < -0.39 is 5.97 Å². The summed E-state index contributed by atoms with van der Waals surface area (Å²) in [6, 6.07) is 10.4. The summed E-state index contributed by atoms with van der Waals surface area (Å²) in [5, 5.41) is 13.3. The van der Waals surface area contributed by atoms with Crippen LogP contribution in [-0.4, -0.2) is 71.7 Å². The van der Waals surface area contributed by atoms with E-state index in [0.29, 0.717) is 50.8 Å². The first-order chi connectivity index (χ1) is 16.9. The van der Waals surface area contributed by atoms with Crippen LogP contribution < -0.4 is 9.47 Å². The Morgan fingerprint density at radius 2 is 1.77 bits per heavy atom. The number of halogens is 1. The van der Waals surface area contributed by atoms with Crippen LogP contribution >= 0.6 is 0 Å². The average Bonchev–Trinajstić information content (AvgIpc) is 3.18. The van der Waals surface area contributed by atoms with Crippen molar-refractivity contribution >= 4 is 11.8 Å². The molecule has 35 heavy (non-hydrogen) atoms. The smallest absolute Gasteiger partial charge is 0.310 e. The van der Waals surface area contributed by atoms with Gasteiger partial charge in [-0.05, 0) is 49.2 Å². The fourth-order valence-corrected chi connectivity index (χ4v) is 5.00. The number of ether oxygens (including phenoxy) is 2. The topological polar surface area (TPSA) is 83.8 Å². The molecule has 0 amide bonds. The molecule has 0 bridgehead atoms. The fraction of sp³-hybridized carbons (Fsp3) is 0.462. The van der Waals surface area contributed by atoms with E-state index in [-0.39, 0.29) is 17.3 Å². The van der Waals surface area contributed by atoms with Gasteiger partial charge in [0, 0.05) is 32.7 Å². The van der Waals surface area contributed by atoms with Gasteiger partial charge in [-0.15, -0.1) is 0 Å². The van der Waals surface area contributed by atoms with E-state index >= 15 is 0 Å². The maximum atomic E-state index is 13.5. The lowest BCUT2D eigenvalue weighted by Gasteiger charge is -2.46. The molecule has 0 radical (unpaired) electrons. The summed E-state index contributed by atoms with van der Waals surface area (Å²) in [5.41, 5.74) is 2.39. The van der Waals surface area contributed by atoms with Gasteiger partial charge in [0.2, 0.25) is 0 Å². The van der Waals surface area contributed by atoms with Crippen molar-refractivity contribution in [3.05, 3.63) is 47.8 Å². The molecule has 2 aromatic rings. The standard InChI is InChI=1S/C26H30FN3O5/c1-3-33-21-9-17(10-22(34-4-2)24(21)18-5-7-20(27)8-6-18)12-29-15-26(16-29)11-23(28-35-26)30-13-19(14-30)25(31)32/h5-10,19H,3-4,11-16H2,1-2H3,(H,31,32). The Hall–Kier alpha value is -3.33. The molecule has 2 saturated heterocycles. The molecule has 1 N–H and O–H groups in total. The minimum absolute atomic E-state index is 0.287. The first kappa shape index (κ1) is 23.4. The van der Waals surface area contributed by atoms with Crippen LogP contribution in [0.5, 0.6) is 11.5 Å². The van der Waals surface area contributed by atoms with Crippen LogP contribution in [0.1, 0.15) is 25.8 Å². The van der Waals surface area contributed by atoms with E-state index in [1.165, 1.54) is 12.1 Å². The van der Waals surface area contributed by atoms with Crippen LogP contribution in [-0.2, 0) is 16.2 Å². The Kier molecular flexibility index (Phi) is 6.27. The third kappa shape index (κ3) is 4.65. The normalized spacial score (nSPS) is 19.1. The molecule has 2 fully saturated rings. The van der Waals surface area contributed by atoms with E-state index in [0.717, 1.165) is 35.6 Å². The molecule has 2 aromatic carbocycles. The molecule has 5 rings (SSSR count). The van der Waals surface area contributed by atoms with Crippen molar-refractivity contribution in [1.29, 1.82) is 0 Å². The summed E-state index contributed by atoms with van der Waals surface area (Å²) in [6.07, 6.45) is 0.702. The van der Waals surface area contributed by atoms with Gasteiger partial charge in [0.05, 0.1) is 31.1 Å². The SMILES string of the molecule is CCOc1cc(CN2CC3(CC(N4CC(C(=O)O)C4)=NO3)C2)cc(OCC)c1-c1ccc(F)cc1. The summed E-state index contributed by atoms with van der Waals surface area (Å²) in [6.45, 7) is 8.06. The summed E-state index contributed by atoms with van der Waals surface area (Å²) in [7, 11) is 0. The van der Waals surface area contributed by atoms with Crippen molar-refractivity contribution in [3.63, 3.8) is 0 Å². The lowest BCUT2D eigenvalue weighted by Crippen LogP contribution is -2.62. The number of oxime groups is 1. The van der Waals surface area contributed by atoms with E-state index in [9.17, 15) is 9.18 Å². The minimum Gasteiger partial charge on any atom is -0.493 e. The Labute approximate surface area is 203 Å². The molecule has 3 aliphatic heterocycles. The molecule has 8 nitrogen and oxygen atoms in total. The van der Waals surface area contributed by atoms with E-state index in [1.54, 1.807) is 12.1 Å². The molecule has 0 unspecified atom stereocenters. The Bertz CT molecular complexity index is 1100. The molecule has 1 spiro atoms. The highest BCUT2D eigenvalue weighted by molar-refractivity contribution is 5.87. The van der Waals surface area contributed by atoms with Crippen LogP contribution in [0.4, 0.5) is 4.39 Å². The zero-order valence-corrected chi connectivity index (χ0v) is 20.0. The molecule has 3 heterocycles. The van der Waals surface area contributed by atoms with Gasteiger partial charge >= 0.3 is 5.97 Å². The third-order valence-corrected chi connectivity index (χ3v) is 6.71. The molecule has 0 saturated carbocycles. The zero-order valence-electron chi connectivity index (χ0n) is 20.0. The molecule has 186 valence electrons. The summed E-state index contributed by atoms with van der Waals surface area (Å²) < 4.78 is 25.5. The maximum absolute atomic E-state index is 13.5. The van der Waals surface area contributed by atoms with Gasteiger partial charge in [-0.25, -0.2) is 4.39 Å². The number of benzene rings is 2. The number of aliphatic carboxylic acids is 1. The number of carbonyl (C=O) groups is 1. The molecular formula is C26H30FN3O5. The number of carboxylic acids is 1. The van der Waals surface area contributed by atoms with Gasteiger partial charge in [-0.3, -0.25) is 9.69 Å². The number of hydrogen-bond donors (Lipinski definition) is 1. The second-order valence-electron chi connectivity index (χ2n) is 9.38. The van der Waals surface area contributed by atoms with Gasteiger partial charge in [-0.1, -0.05) is 17.3 Å². The molecular weight excluding hydrogens is 453 g/mol. The third-order valence-electron chi connectivity index (χ3n) is 6.71. The monoisotopic (exact) mass is 483 g/mol. The van der Waals surface area contributed by atoms with Gasteiger partial charge in [0.15, 0.2) is 5.60 Å². The lowest BCUT2D eigenvalue weighted by atomic mass is 9.88. The molecule has 0 aromatic heterocycles. The Morgan fingerprint density at radius 1 is 1.14 bits per heavy atom. The van der Waals surface area contributed by atoms with E-state index in [2.05, 4.69) is 10.1 Å². The summed E-state index contributed by atoms with van der Waals surface area (Å²) in [5.74, 6) is 0.915. The van der Waals surface area contributed by atoms with Gasteiger partial charge in [-0.2, -0.15) is 0 Å². The van der Waals surface area contributed by atoms with Crippen molar-refractivity contribution < 1.29 is 28.6 Å². The fourth-order valence-electron chi connectivity index (χ4n) is 5.00. The highest BCUT2D eigenvalue weighted by atomic mass is 19.1. The second-order valence-corrected chi connectivity index (χ2v) is 9.38. The molecule has 0 atom stereocenters. The molecule has 3 aliphatic rings. The Morgan fingerprint density at radius 3 is 2.34 bits per heavy atom. The van der Waals surface area contributed by atoms with Crippen LogP contribution in [0.15, 0.2) is 41.6 Å². The largest absolute Gasteiger partial charge is 0.493 e. The predicted molar refractivity (Wildman–Crippen MR) is 128 cm³/mol. The van der Waals surface area contributed by atoms with Crippen molar-refractivity contribution in [3.8, 4) is 22.6 Å². The minimum atomic E-state index is -0.756. The van der Waals surface area contributed by atoms with Crippen LogP contribution in [0.25, 0.3) is 11.1 Å². The summed E-state index contributed by atoms with van der Waals surface area (Å²) in [4.78, 5) is 21.1. The average molecular weight is 484 g/mol. The van der Waals surface area contributed by atoms with Gasteiger partial charge in [0.25, 0.3) is 0 Å². The van der Waals surface area contributed by atoms with Crippen molar-refractivity contribution in [2.24, 2.45) is 11.1 Å². The number of likely N-dealkylation sites (tertiary alicyclic amines) is 2. The summed E-state index contributed by atoms with van der Waals surface area (Å²) >= 11 is 0. The van der Waals surface area contributed by atoms with E-state index in [4.69, 9.17) is 19.4 Å². The second kappa shape index (κ2) is 9.37. The van der Waals surface area contributed by atoms with Crippen molar-refractivity contribution in [1.82, 2.24) is 9.80 Å². The van der Waals surface area contributed by atoms with Gasteiger partial charge in [0.1, 0.15) is 23.2 Å². The first-order valence-corrected chi connectivity index (χ1v) is 12.0. The predicted octanol–water partition coefficient (Wildman–Crippen LogP) is 3.59. The zero-order chi connectivity index (χ0) is 24.6. The van der Waals surface area contributed by atoms with Crippen LogP contribution in [0, 0.1) is 11.7 Å². The first-order valence-electron chi connectivity index (χ1n) is 12.0. The van der Waals surface area contributed by atoms with Crippen molar-refractivity contribution in [2.45, 2.75) is 32.4 Å². The highest BCUT2D eigenvalue weighted by Gasteiger charge is 2.52. The number of hydrogen-bond acceptors (Lipinski definition) is 7. The quantitative estimate of drug-likeness (QED) is 0.614. The highest BCUT2D eigenvalue weighted by Crippen LogP contribution is 2.42. The maximum Gasteiger partial charge on any atom is 0.310 e. The number of rotatable bonds is 8. The number of carboxylic acid groups (broad SMARTS) is 1. The number of amidine groups is 1. The molecule has 9 heteroatoms. The van der Waals surface area contributed by atoms with E-state index in [1.807, 2.05) is 30.9 Å².